The quantitative estimate of drug-likeness (QED) is 0.491. The van der Waals surface area contributed by atoms with Crippen LogP contribution in [-0.4, -0.2) is 13.1 Å². The van der Waals surface area contributed by atoms with Gasteiger partial charge in [0.05, 0.1) is 16.2 Å². The predicted molar refractivity (Wildman–Crippen MR) is 77.8 cm³/mol. The third-order valence-corrected chi connectivity index (χ3v) is 3.96. The number of methoxy groups -OCH3 is 1. The minimum absolute atomic E-state index is 0.346. The highest BCUT2D eigenvalue weighted by molar-refractivity contribution is 14.1. The summed E-state index contributed by atoms with van der Waals surface area (Å²) in [6, 6.07) is 11.5. The molecule has 3 aromatic rings. The lowest BCUT2D eigenvalue weighted by molar-refractivity contribution is 0.0599. The van der Waals surface area contributed by atoms with Crippen molar-refractivity contribution in [2.24, 2.45) is 0 Å². The minimum Gasteiger partial charge on any atom is -0.465 e. The topological polar surface area (TPSA) is 39.4 Å². The fourth-order valence-electron chi connectivity index (χ4n) is 2.02. The summed E-state index contributed by atoms with van der Waals surface area (Å²) in [4.78, 5) is 11.6. The molecule has 2 aromatic carbocycles. The molecule has 0 fully saturated rings. The van der Waals surface area contributed by atoms with E-state index in [0.717, 1.165) is 25.5 Å². The van der Waals surface area contributed by atoms with E-state index in [1.54, 1.807) is 6.07 Å². The molecular formula is C14H9IO3. The van der Waals surface area contributed by atoms with Crippen LogP contribution in [0.4, 0.5) is 0 Å². The lowest BCUT2D eigenvalue weighted by Gasteiger charge is -2.02. The molecule has 0 spiro atoms. The van der Waals surface area contributed by atoms with E-state index in [-0.39, 0.29) is 5.97 Å². The van der Waals surface area contributed by atoms with Crippen molar-refractivity contribution < 1.29 is 13.9 Å². The van der Waals surface area contributed by atoms with Crippen molar-refractivity contribution in [1.29, 1.82) is 0 Å². The number of esters is 1. The lowest BCUT2D eigenvalue weighted by atomic mass is 10.1. The normalized spacial score (nSPS) is 11.0. The molecule has 4 heteroatoms. The second kappa shape index (κ2) is 4.28. The van der Waals surface area contributed by atoms with Crippen molar-refractivity contribution in [1.82, 2.24) is 0 Å². The van der Waals surface area contributed by atoms with Crippen molar-refractivity contribution >= 4 is 50.5 Å². The summed E-state index contributed by atoms with van der Waals surface area (Å²) in [7, 11) is 1.38. The largest absolute Gasteiger partial charge is 0.465 e. The van der Waals surface area contributed by atoms with Gasteiger partial charge in [0.25, 0.3) is 0 Å². The second-order valence-corrected chi connectivity index (χ2v) is 4.97. The molecule has 18 heavy (non-hydrogen) atoms. The van der Waals surface area contributed by atoms with Gasteiger partial charge >= 0.3 is 5.97 Å². The second-order valence-electron chi connectivity index (χ2n) is 3.89. The van der Waals surface area contributed by atoms with Gasteiger partial charge in [-0.15, -0.1) is 0 Å². The SMILES string of the molecule is COC(=O)c1ccc2c(oc3ccccc32)c1I. The van der Waals surface area contributed by atoms with E-state index in [9.17, 15) is 4.79 Å². The Morgan fingerprint density at radius 2 is 1.94 bits per heavy atom. The Hall–Kier alpha value is -1.56. The number of benzene rings is 2. The van der Waals surface area contributed by atoms with Crippen LogP contribution in [0.15, 0.2) is 40.8 Å². The van der Waals surface area contributed by atoms with Gasteiger partial charge in [-0.2, -0.15) is 0 Å². The Bertz CT molecular complexity index is 758. The highest BCUT2D eigenvalue weighted by Crippen LogP contribution is 2.33. The van der Waals surface area contributed by atoms with Crippen LogP contribution in [-0.2, 0) is 4.74 Å². The van der Waals surface area contributed by atoms with Gasteiger partial charge in [0.15, 0.2) is 0 Å². The summed E-state index contributed by atoms with van der Waals surface area (Å²) in [5, 5.41) is 2.07. The third-order valence-electron chi connectivity index (χ3n) is 2.89. The van der Waals surface area contributed by atoms with E-state index in [0.29, 0.717) is 5.56 Å². The molecule has 90 valence electrons. The standard InChI is InChI=1S/C14H9IO3/c1-17-14(16)10-7-6-9-8-4-2-3-5-11(8)18-13(9)12(10)15/h2-7H,1H3. The molecule has 0 aliphatic rings. The first kappa shape index (κ1) is 11.5. The Labute approximate surface area is 117 Å². The van der Waals surface area contributed by atoms with Gasteiger partial charge in [-0.05, 0) is 40.8 Å². The number of hydrogen-bond donors (Lipinski definition) is 0. The molecule has 1 aromatic heterocycles. The average molecular weight is 352 g/mol. The molecule has 0 aliphatic heterocycles. The molecule has 3 rings (SSSR count). The van der Waals surface area contributed by atoms with Crippen LogP contribution in [0, 0.1) is 3.57 Å². The Kier molecular flexibility index (Phi) is 2.74. The molecular weight excluding hydrogens is 343 g/mol. The first-order valence-corrected chi connectivity index (χ1v) is 6.48. The molecule has 0 radical (unpaired) electrons. The summed E-state index contributed by atoms with van der Waals surface area (Å²) >= 11 is 2.12. The summed E-state index contributed by atoms with van der Waals surface area (Å²) < 4.78 is 11.3. The summed E-state index contributed by atoms with van der Waals surface area (Å²) in [6.07, 6.45) is 0. The molecule has 0 saturated heterocycles. The minimum atomic E-state index is -0.346. The summed E-state index contributed by atoms with van der Waals surface area (Å²) in [5.41, 5.74) is 2.09. The number of fused-ring (bicyclic) bond motifs is 3. The zero-order valence-corrected chi connectivity index (χ0v) is 11.7. The first-order valence-electron chi connectivity index (χ1n) is 5.40. The van der Waals surface area contributed by atoms with Crippen LogP contribution in [0.25, 0.3) is 21.9 Å². The van der Waals surface area contributed by atoms with Crippen molar-refractivity contribution in [3.8, 4) is 0 Å². The Morgan fingerprint density at radius 1 is 1.17 bits per heavy atom. The fourth-order valence-corrected chi connectivity index (χ4v) is 2.82. The van der Waals surface area contributed by atoms with Gasteiger partial charge in [-0.3, -0.25) is 0 Å². The van der Waals surface area contributed by atoms with Crippen LogP contribution in [0.1, 0.15) is 10.4 Å². The number of halogens is 1. The number of carbonyl (C=O) groups is 1. The predicted octanol–water partition coefficient (Wildman–Crippen LogP) is 3.98. The van der Waals surface area contributed by atoms with Crippen LogP contribution in [0.5, 0.6) is 0 Å². The van der Waals surface area contributed by atoms with Gasteiger partial charge in [-0.1, -0.05) is 18.2 Å². The number of carbonyl (C=O) groups excluding carboxylic acids is 1. The van der Waals surface area contributed by atoms with Crippen molar-refractivity contribution in [3.05, 3.63) is 45.5 Å². The molecule has 0 unspecified atom stereocenters. The molecule has 0 saturated carbocycles. The average Bonchev–Trinajstić information content (AvgIpc) is 2.78. The number of rotatable bonds is 1. The molecule has 0 amide bonds. The van der Waals surface area contributed by atoms with Gasteiger partial charge in [0.2, 0.25) is 0 Å². The van der Waals surface area contributed by atoms with E-state index in [1.165, 1.54) is 7.11 Å². The maximum absolute atomic E-state index is 11.6. The van der Waals surface area contributed by atoms with E-state index in [2.05, 4.69) is 22.6 Å². The van der Waals surface area contributed by atoms with Crippen molar-refractivity contribution in [2.45, 2.75) is 0 Å². The summed E-state index contributed by atoms with van der Waals surface area (Å²) in [5.74, 6) is -0.346. The van der Waals surface area contributed by atoms with Crippen LogP contribution in [0.3, 0.4) is 0 Å². The summed E-state index contributed by atoms with van der Waals surface area (Å²) in [6.45, 7) is 0. The number of para-hydroxylation sites is 1. The molecule has 0 bridgehead atoms. The zero-order valence-electron chi connectivity index (χ0n) is 9.57. The Balaban J connectivity index is 2.39. The number of furan rings is 1. The highest BCUT2D eigenvalue weighted by Gasteiger charge is 2.17. The fraction of sp³-hybridized carbons (Fsp3) is 0.0714. The lowest BCUT2D eigenvalue weighted by Crippen LogP contribution is -2.03. The van der Waals surface area contributed by atoms with Gasteiger partial charge in [0, 0.05) is 10.8 Å². The van der Waals surface area contributed by atoms with E-state index in [4.69, 9.17) is 9.15 Å². The number of ether oxygens (including phenoxy) is 1. The zero-order chi connectivity index (χ0) is 12.7. The maximum atomic E-state index is 11.6. The maximum Gasteiger partial charge on any atom is 0.339 e. The van der Waals surface area contributed by atoms with E-state index < -0.39 is 0 Å². The van der Waals surface area contributed by atoms with Crippen LogP contribution >= 0.6 is 22.6 Å². The number of hydrogen-bond acceptors (Lipinski definition) is 3. The highest BCUT2D eigenvalue weighted by atomic mass is 127. The molecule has 0 atom stereocenters. The third kappa shape index (κ3) is 1.59. The smallest absolute Gasteiger partial charge is 0.339 e. The van der Waals surface area contributed by atoms with Gasteiger partial charge in [-0.25, -0.2) is 4.79 Å². The van der Waals surface area contributed by atoms with Crippen LogP contribution in [0.2, 0.25) is 0 Å². The van der Waals surface area contributed by atoms with Gasteiger partial charge < -0.3 is 9.15 Å². The van der Waals surface area contributed by atoms with Crippen molar-refractivity contribution in [2.75, 3.05) is 7.11 Å². The molecule has 3 nitrogen and oxygen atoms in total. The van der Waals surface area contributed by atoms with Crippen molar-refractivity contribution in [3.63, 3.8) is 0 Å². The first-order chi connectivity index (χ1) is 8.72. The monoisotopic (exact) mass is 352 g/mol. The Morgan fingerprint density at radius 3 is 2.72 bits per heavy atom. The molecule has 0 N–H and O–H groups in total. The molecule has 1 heterocycles. The molecule has 0 aliphatic carbocycles. The van der Waals surface area contributed by atoms with Crippen LogP contribution < -0.4 is 0 Å². The van der Waals surface area contributed by atoms with Gasteiger partial charge in [0.1, 0.15) is 11.2 Å². The van der Waals surface area contributed by atoms with E-state index >= 15 is 0 Å². The van der Waals surface area contributed by atoms with E-state index in [1.807, 2.05) is 30.3 Å².